The van der Waals surface area contributed by atoms with Crippen LogP contribution in [0.1, 0.15) is 329 Å². The summed E-state index contributed by atoms with van der Waals surface area (Å²) in [7, 11) is 0. The van der Waals surface area contributed by atoms with Gasteiger partial charge >= 0.3 is 17.9 Å². The van der Waals surface area contributed by atoms with Crippen molar-refractivity contribution < 1.29 is 28.6 Å². The molecular weight excluding hydrogens is 877 g/mol. The Morgan fingerprint density at radius 3 is 0.859 bits per heavy atom. The van der Waals surface area contributed by atoms with E-state index in [4.69, 9.17) is 14.2 Å². The molecule has 0 radical (unpaired) electrons. The lowest BCUT2D eigenvalue weighted by Crippen LogP contribution is -2.30. The number of hydrogen-bond donors (Lipinski definition) is 0. The van der Waals surface area contributed by atoms with Crippen LogP contribution in [0.4, 0.5) is 0 Å². The first-order valence-electron chi connectivity index (χ1n) is 31.1. The van der Waals surface area contributed by atoms with E-state index in [1.54, 1.807) is 0 Å². The highest BCUT2D eigenvalue weighted by atomic mass is 16.6. The van der Waals surface area contributed by atoms with Crippen molar-refractivity contribution in [3.8, 4) is 0 Å². The fourth-order valence-electron chi connectivity index (χ4n) is 9.10. The number of allylic oxidation sites excluding steroid dienone is 8. The third-order valence-corrected chi connectivity index (χ3v) is 13.8. The van der Waals surface area contributed by atoms with Gasteiger partial charge in [-0.3, -0.25) is 14.4 Å². The van der Waals surface area contributed by atoms with E-state index in [0.717, 1.165) is 57.8 Å². The molecule has 0 unspecified atom stereocenters. The first-order valence-corrected chi connectivity index (χ1v) is 31.1. The predicted octanol–water partition coefficient (Wildman–Crippen LogP) is 21.0. The lowest BCUT2D eigenvalue weighted by Gasteiger charge is -2.18. The van der Waals surface area contributed by atoms with Gasteiger partial charge in [-0.05, 0) is 77.0 Å². The summed E-state index contributed by atoms with van der Waals surface area (Å²) in [5.41, 5.74) is 0. The topological polar surface area (TPSA) is 78.9 Å². The molecule has 0 saturated heterocycles. The number of rotatable bonds is 57. The van der Waals surface area contributed by atoms with Gasteiger partial charge in [0.05, 0.1) is 0 Å². The van der Waals surface area contributed by atoms with Crippen molar-refractivity contribution in [2.24, 2.45) is 0 Å². The summed E-state index contributed by atoms with van der Waals surface area (Å²) in [5, 5.41) is 0. The van der Waals surface area contributed by atoms with Gasteiger partial charge in [-0.15, -0.1) is 0 Å². The van der Waals surface area contributed by atoms with Gasteiger partial charge in [-0.25, -0.2) is 0 Å². The predicted molar refractivity (Wildman–Crippen MR) is 307 cm³/mol. The molecule has 0 rings (SSSR count). The molecule has 0 aromatic rings. The van der Waals surface area contributed by atoms with Crippen molar-refractivity contribution in [1.29, 1.82) is 0 Å². The van der Waals surface area contributed by atoms with Crippen LogP contribution >= 0.6 is 0 Å². The van der Waals surface area contributed by atoms with E-state index in [2.05, 4.69) is 69.4 Å². The summed E-state index contributed by atoms with van der Waals surface area (Å²) in [6.07, 6.45) is 74.0. The molecule has 1 atom stereocenters. The van der Waals surface area contributed by atoms with E-state index in [9.17, 15) is 14.4 Å². The molecule has 0 N–H and O–H groups in total. The maximum Gasteiger partial charge on any atom is 0.306 e. The first kappa shape index (κ1) is 68.4. The van der Waals surface area contributed by atoms with Crippen LogP contribution in [0.15, 0.2) is 48.6 Å². The molecule has 6 heteroatoms. The van der Waals surface area contributed by atoms with Gasteiger partial charge in [0.2, 0.25) is 0 Å². The molecule has 0 heterocycles. The SMILES string of the molecule is CCCCCCCC/C=C\C/C=C\C/C=C\CCCC(=O)OC[C@H](COC(=O)CCCCCCCCCCCCCCCCCCC)OC(=O)CCCCCCCCCCC/C=C\CCCCCCCC. The van der Waals surface area contributed by atoms with Gasteiger partial charge in [0.1, 0.15) is 13.2 Å². The van der Waals surface area contributed by atoms with Crippen molar-refractivity contribution in [3.05, 3.63) is 48.6 Å². The van der Waals surface area contributed by atoms with Crippen LogP contribution in [-0.2, 0) is 28.6 Å². The normalized spacial score (nSPS) is 12.3. The van der Waals surface area contributed by atoms with Crippen molar-refractivity contribution in [2.75, 3.05) is 13.2 Å². The van der Waals surface area contributed by atoms with Crippen molar-refractivity contribution in [3.63, 3.8) is 0 Å². The second-order valence-corrected chi connectivity index (χ2v) is 21.0. The zero-order valence-corrected chi connectivity index (χ0v) is 47.5. The molecule has 71 heavy (non-hydrogen) atoms. The Kier molecular flexibility index (Phi) is 57.7. The summed E-state index contributed by atoms with van der Waals surface area (Å²) < 4.78 is 16.9. The second kappa shape index (κ2) is 59.9. The average Bonchev–Trinajstić information content (AvgIpc) is 3.37. The van der Waals surface area contributed by atoms with Crippen molar-refractivity contribution in [1.82, 2.24) is 0 Å². The minimum atomic E-state index is -0.793. The Balaban J connectivity index is 4.41. The smallest absolute Gasteiger partial charge is 0.306 e. The molecule has 0 aromatic carbocycles. The van der Waals surface area contributed by atoms with Crippen molar-refractivity contribution >= 4 is 17.9 Å². The Hall–Kier alpha value is -2.63. The molecule has 6 nitrogen and oxygen atoms in total. The molecule has 414 valence electrons. The van der Waals surface area contributed by atoms with E-state index in [1.165, 1.54) is 225 Å². The molecule has 0 spiro atoms. The zero-order valence-electron chi connectivity index (χ0n) is 47.5. The Labute approximate surface area is 441 Å². The standard InChI is InChI=1S/C65H118O6/c1-4-7-10-13-16-19-22-25-28-31-32-35-38-41-44-47-50-53-56-59-65(68)71-62(60-69-63(66)57-54-51-48-45-42-39-36-33-29-26-23-20-17-14-11-8-5-2)61-70-64(67)58-55-52-49-46-43-40-37-34-30-27-24-21-18-15-12-9-6-3/h25-26,28-29,36,39,45,48,62H,4-24,27,30-35,37-38,40-44,46-47,49-61H2,1-3H3/b28-25-,29-26-,39-36-,48-45-/t62-/m1/s1. The maximum atomic E-state index is 12.9. The molecule has 0 aliphatic rings. The summed E-state index contributed by atoms with van der Waals surface area (Å²) in [4.78, 5) is 38.2. The molecule has 0 aliphatic carbocycles. The van der Waals surface area contributed by atoms with Crippen molar-refractivity contribution in [2.45, 2.75) is 335 Å². The van der Waals surface area contributed by atoms with Gasteiger partial charge in [0.15, 0.2) is 6.10 Å². The van der Waals surface area contributed by atoms with E-state index in [0.29, 0.717) is 25.7 Å². The number of carbonyl (C=O) groups excluding carboxylic acids is 3. The van der Waals surface area contributed by atoms with E-state index in [-0.39, 0.29) is 31.1 Å². The highest BCUT2D eigenvalue weighted by molar-refractivity contribution is 5.71. The quantitative estimate of drug-likeness (QED) is 0.0261. The van der Waals surface area contributed by atoms with Crippen LogP contribution in [0.25, 0.3) is 0 Å². The number of carbonyl (C=O) groups is 3. The molecule has 0 fully saturated rings. The van der Waals surface area contributed by atoms with Crippen LogP contribution < -0.4 is 0 Å². The van der Waals surface area contributed by atoms with Crippen LogP contribution in [-0.4, -0.2) is 37.2 Å². The summed E-state index contributed by atoms with van der Waals surface area (Å²) in [6.45, 7) is 6.63. The first-order chi connectivity index (χ1) is 35.0. The summed E-state index contributed by atoms with van der Waals surface area (Å²) in [5.74, 6) is -0.923. The average molecular weight is 996 g/mol. The summed E-state index contributed by atoms with van der Waals surface area (Å²) >= 11 is 0. The van der Waals surface area contributed by atoms with Crippen LogP contribution in [0.5, 0.6) is 0 Å². The molecule has 0 aliphatic heterocycles. The summed E-state index contributed by atoms with van der Waals surface area (Å²) in [6, 6.07) is 0. The third kappa shape index (κ3) is 58.1. The van der Waals surface area contributed by atoms with Crippen LogP contribution in [0.3, 0.4) is 0 Å². The maximum absolute atomic E-state index is 12.9. The Bertz CT molecular complexity index is 1230. The van der Waals surface area contributed by atoms with Gasteiger partial charge in [0, 0.05) is 19.3 Å². The molecular formula is C65H118O6. The molecule has 0 saturated carbocycles. The van der Waals surface area contributed by atoms with E-state index >= 15 is 0 Å². The largest absolute Gasteiger partial charge is 0.462 e. The van der Waals surface area contributed by atoms with Gasteiger partial charge in [0.25, 0.3) is 0 Å². The van der Waals surface area contributed by atoms with Gasteiger partial charge < -0.3 is 14.2 Å². The lowest BCUT2D eigenvalue weighted by atomic mass is 10.0. The van der Waals surface area contributed by atoms with E-state index in [1.807, 2.05) is 0 Å². The monoisotopic (exact) mass is 995 g/mol. The minimum absolute atomic E-state index is 0.0858. The lowest BCUT2D eigenvalue weighted by molar-refractivity contribution is -0.167. The number of hydrogen-bond acceptors (Lipinski definition) is 6. The zero-order chi connectivity index (χ0) is 51.4. The molecule has 0 aromatic heterocycles. The fraction of sp³-hybridized carbons (Fsp3) is 0.831. The number of esters is 3. The van der Waals surface area contributed by atoms with Crippen LogP contribution in [0.2, 0.25) is 0 Å². The Morgan fingerprint density at radius 1 is 0.282 bits per heavy atom. The van der Waals surface area contributed by atoms with Gasteiger partial charge in [-0.2, -0.15) is 0 Å². The highest BCUT2D eigenvalue weighted by Crippen LogP contribution is 2.17. The second-order valence-electron chi connectivity index (χ2n) is 21.0. The highest BCUT2D eigenvalue weighted by Gasteiger charge is 2.19. The fourth-order valence-corrected chi connectivity index (χ4v) is 9.10. The van der Waals surface area contributed by atoms with Gasteiger partial charge in [-0.1, -0.05) is 281 Å². The van der Waals surface area contributed by atoms with Crippen LogP contribution in [0, 0.1) is 0 Å². The minimum Gasteiger partial charge on any atom is -0.462 e. The molecule has 0 bridgehead atoms. The number of unbranched alkanes of at least 4 members (excludes halogenated alkanes) is 38. The number of ether oxygens (including phenoxy) is 3. The Morgan fingerprint density at radius 2 is 0.521 bits per heavy atom. The van der Waals surface area contributed by atoms with E-state index < -0.39 is 6.10 Å². The molecule has 0 amide bonds. The third-order valence-electron chi connectivity index (χ3n) is 13.8.